The summed E-state index contributed by atoms with van der Waals surface area (Å²) in [5, 5.41) is 8.82. The Bertz CT molecular complexity index is 565. The zero-order chi connectivity index (χ0) is 15.2. The average Bonchev–Trinajstić information content (AvgIpc) is 3.00. The van der Waals surface area contributed by atoms with Crippen LogP contribution in [0.15, 0.2) is 18.2 Å². The van der Waals surface area contributed by atoms with E-state index in [1.165, 1.54) is 0 Å². The molecule has 0 spiro atoms. The minimum Gasteiger partial charge on any atom is -0.395 e. The molecule has 1 aromatic rings. The SMILES string of the molecule is Cc1ccc(C(=O)N(C)C2CCOC2)c(C#CCCO)c1. The molecule has 2 rings (SSSR count). The van der Waals surface area contributed by atoms with Crippen LogP contribution in [0.3, 0.4) is 0 Å². The summed E-state index contributed by atoms with van der Waals surface area (Å²) in [5.74, 6) is 5.85. The maximum absolute atomic E-state index is 12.6. The van der Waals surface area contributed by atoms with E-state index in [0.717, 1.165) is 17.5 Å². The Hall–Kier alpha value is -1.83. The van der Waals surface area contributed by atoms with Gasteiger partial charge in [-0.2, -0.15) is 0 Å². The van der Waals surface area contributed by atoms with Crippen LogP contribution in [-0.4, -0.2) is 48.8 Å². The van der Waals surface area contributed by atoms with Gasteiger partial charge in [-0.15, -0.1) is 0 Å². The molecule has 1 aliphatic rings. The molecule has 0 bridgehead atoms. The Morgan fingerprint density at radius 1 is 1.52 bits per heavy atom. The second-order valence-corrected chi connectivity index (χ2v) is 5.26. The van der Waals surface area contributed by atoms with E-state index in [1.807, 2.05) is 32.2 Å². The van der Waals surface area contributed by atoms with Crippen LogP contribution in [0.2, 0.25) is 0 Å². The van der Waals surface area contributed by atoms with E-state index in [9.17, 15) is 4.79 Å². The summed E-state index contributed by atoms with van der Waals surface area (Å²) in [6.45, 7) is 3.31. The molecule has 1 unspecified atom stereocenters. The number of aryl methyl sites for hydroxylation is 1. The lowest BCUT2D eigenvalue weighted by Gasteiger charge is -2.23. The van der Waals surface area contributed by atoms with Crippen molar-refractivity contribution in [3.8, 4) is 11.8 Å². The number of rotatable bonds is 3. The molecule has 1 aliphatic heterocycles. The zero-order valence-corrected chi connectivity index (χ0v) is 12.6. The minimum absolute atomic E-state index is 0.0289. The van der Waals surface area contributed by atoms with Gasteiger partial charge in [-0.1, -0.05) is 17.9 Å². The van der Waals surface area contributed by atoms with Crippen molar-refractivity contribution >= 4 is 5.91 Å². The fourth-order valence-electron chi connectivity index (χ4n) is 2.34. The van der Waals surface area contributed by atoms with Crippen LogP contribution in [0, 0.1) is 18.8 Å². The van der Waals surface area contributed by atoms with Crippen molar-refractivity contribution in [3.05, 3.63) is 34.9 Å². The van der Waals surface area contributed by atoms with E-state index in [-0.39, 0.29) is 18.6 Å². The summed E-state index contributed by atoms with van der Waals surface area (Å²) < 4.78 is 5.34. The molecule has 1 saturated heterocycles. The molecule has 4 heteroatoms. The monoisotopic (exact) mass is 287 g/mol. The molecule has 21 heavy (non-hydrogen) atoms. The number of carbonyl (C=O) groups excluding carboxylic acids is 1. The molecule has 112 valence electrons. The van der Waals surface area contributed by atoms with E-state index in [1.54, 1.807) is 4.90 Å². The Morgan fingerprint density at radius 3 is 3.00 bits per heavy atom. The van der Waals surface area contributed by atoms with Gasteiger partial charge in [0.25, 0.3) is 5.91 Å². The first-order chi connectivity index (χ1) is 10.1. The summed E-state index contributed by atoms with van der Waals surface area (Å²) in [7, 11) is 1.81. The molecule has 1 atom stereocenters. The van der Waals surface area contributed by atoms with Crippen LogP contribution in [0.25, 0.3) is 0 Å². The number of aliphatic hydroxyl groups is 1. The van der Waals surface area contributed by atoms with Gasteiger partial charge in [0.05, 0.1) is 24.8 Å². The maximum atomic E-state index is 12.6. The molecule has 0 radical (unpaired) electrons. The smallest absolute Gasteiger partial charge is 0.255 e. The summed E-state index contributed by atoms with van der Waals surface area (Å²) in [6.07, 6.45) is 1.29. The van der Waals surface area contributed by atoms with Crippen LogP contribution in [-0.2, 0) is 4.74 Å². The second kappa shape index (κ2) is 7.26. The quantitative estimate of drug-likeness (QED) is 0.859. The third-order valence-corrected chi connectivity index (χ3v) is 3.64. The third-order valence-electron chi connectivity index (χ3n) is 3.64. The number of hydrogen-bond donors (Lipinski definition) is 1. The van der Waals surface area contributed by atoms with Crippen molar-refractivity contribution in [2.45, 2.75) is 25.8 Å². The predicted octanol–water partition coefficient (Wildman–Crippen LogP) is 1.59. The van der Waals surface area contributed by atoms with Gasteiger partial charge in [-0.3, -0.25) is 4.79 Å². The summed E-state index contributed by atoms with van der Waals surface area (Å²) in [6, 6.07) is 5.80. The van der Waals surface area contributed by atoms with Crippen LogP contribution >= 0.6 is 0 Å². The summed E-state index contributed by atoms with van der Waals surface area (Å²) in [5.41, 5.74) is 2.39. The number of amides is 1. The lowest BCUT2D eigenvalue weighted by molar-refractivity contribution is 0.0711. The zero-order valence-electron chi connectivity index (χ0n) is 12.6. The Morgan fingerprint density at radius 2 is 2.33 bits per heavy atom. The van der Waals surface area contributed by atoms with E-state index in [2.05, 4.69) is 11.8 Å². The first-order valence-corrected chi connectivity index (χ1v) is 7.18. The van der Waals surface area contributed by atoms with Crippen molar-refractivity contribution in [1.29, 1.82) is 0 Å². The highest BCUT2D eigenvalue weighted by Gasteiger charge is 2.25. The van der Waals surface area contributed by atoms with Gasteiger partial charge < -0.3 is 14.7 Å². The van der Waals surface area contributed by atoms with Crippen LogP contribution < -0.4 is 0 Å². The lowest BCUT2D eigenvalue weighted by atomic mass is 10.0. The van der Waals surface area contributed by atoms with Gasteiger partial charge in [-0.05, 0) is 31.0 Å². The molecule has 0 aliphatic carbocycles. The van der Waals surface area contributed by atoms with E-state index in [0.29, 0.717) is 25.2 Å². The molecular formula is C17H21NO3. The molecule has 1 heterocycles. The van der Waals surface area contributed by atoms with E-state index < -0.39 is 0 Å². The van der Waals surface area contributed by atoms with E-state index in [4.69, 9.17) is 9.84 Å². The summed E-state index contributed by atoms with van der Waals surface area (Å²) in [4.78, 5) is 14.4. The van der Waals surface area contributed by atoms with Gasteiger partial charge in [0.1, 0.15) is 0 Å². The van der Waals surface area contributed by atoms with Crippen LogP contribution in [0.1, 0.15) is 34.3 Å². The average molecular weight is 287 g/mol. The van der Waals surface area contributed by atoms with Crippen LogP contribution in [0.4, 0.5) is 0 Å². The predicted molar refractivity (Wildman–Crippen MR) is 81.1 cm³/mol. The second-order valence-electron chi connectivity index (χ2n) is 5.26. The normalized spacial score (nSPS) is 17.2. The van der Waals surface area contributed by atoms with Gasteiger partial charge >= 0.3 is 0 Å². The number of nitrogens with zero attached hydrogens (tertiary/aromatic N) is 1. The Labute approximate surface area is 125 Å². The number of aliphatic hydroxyl groups excluding tert-OH is 1. The minimum atomic E-state index is -0.0289. The standard InChI is InChI=1S/C17H21NO3/c1-13-6-7-16(14(11-13)5-3-4-9-19)17(20)18(2)15-8-10-21-12-15/h6-7,11,15,19H,4,8-10,12H2,1-2H3. The highest BCUT2D eigenvalue weighted by molar-refractivity contribution is 5.97. The molecule has 1 fully saturated rings. The first-order valence-electron chi connectivity index (χ1n) is 7.18. The number of carbonyl (C=O) groups is 1. The fourth-order valence-corrected chi connectivity index (χ4v) is 2.34. The number of hydrogen-bond acceptors (Lipinski definition) is 3. The lowest BCUT2D eigenvalue weighted by Crippen LogP contribution is -2.37. The number of likely N-dealkylation sites (N-methyl/N-ethyl adjacent to an activating group) is 1. The molecule has 4 nitrogen and oxygen atoms in total. The van der Waals surface area contributed by atoms with Gasteiger partial charge in [0.2, 0.25) is 0 Å². The van der Waals surface area contributed by atoms with Crippen molar-refractivity contribution in [2.24, 2.45) is 0 Å². The van der Waals surface area contributed by atoms with Gasteiger partial charge in [-0.25, -0.2) is 0 Å². The summed E-state index contributed by atoms with van der Waals surface area (Å²) >= 11 is 0. The maximum Gasteiger partial charge on any atom is 0.255 e. The van der Waals surface area contributed by atoms with Crippen molar-refractivity contribution in [2.75, 3.05) is 26.9 Å². The van der Waals surface area contributed by atoms with Crippen molar-refractivity contribution in [1.82, 2.24) is 4.90 Å². The van der Waals surface area contributed by atoms with E-state index >= 15 is 0 Å². The van der Waals surface area contributed by atoms with Gasteiger partial charge in [0.15, 0.2) is 0 Å². The largest absolute Gasteiger partial charge is 0.395 e. The topological polar surface area (TPSA) is 49.8 Å². The molecule has 1 aromatic carbocycles. The molecule has 0 aromatic heterocycles. The Kier molecular flexibility index (Phi) is 5.38. The third kappa shape index (κ3) is 3.84. The fraction of sp³-hybridized carbons (Fsp3) is 0.471. The molecule has 0 saturated carbocycles. The van der Waals surface area contributed by atoms with Gasteiger partial charge in [0, 0.05) is 25.6 Å². The highest BCUT2D eigenvalue weighted by Crippen LogP contribution is 2.17. The van der Waals surface area contributed by atoms with Crippen LogP contribution in [0.5, 0.6) is 0 Å². The molecule has 1 N–H and O–H groups in total. The number of ether oxygens (including phenoxy) is 1. The molecule has 1 amide bonds. The molecular weight excluding hydrogens is 266 g/mol. The number of benzene rings is 1. The first kappa shape index (κ1) is 15.6. The Balaban J connectivity index is 2.25. The van der Waals surface area contributed by atoms with Crippen molar-refractivity contribution in [3.63, 3.8) is 0 Å². The van der Waals surface area contributed by atoms with Crippen molar-refractivity contribution < 1.29 is 14.6 Å². The highest BCUT2D eigenvalue weighted by atomic mass is 16.5.